The molecule has 1 nitrogen and oxygen atoms in total. The van der Waals surface area contributed by atoms with Gasteiger partial charge in [-0.1, -0.05) is 45.9 Å². The lowest BCUT2D eigenvalue weighted by Gasteiger charge is -2.15. The maximum atomic E-state index is 2.41. The van der Waals surface area contributed by atoms with Crippen LogP contribution in [0.4, 0.5) is 0 Å². The summed E-state index contributed by atoms with van der Waals surface area (Å²) in [4.78, 5) is 0. The van der Waals surface area contributed by atoms with Crippen molar-refractivity contribution in [1.82, 2.24) is 0 Å². The molecular formula is C26H34N+. The van der Waals surface area contributed by atoms with Crippen LogP contribution in [-0.4, -0.2) is 0 Å². The van der Waals surface area contributed by atoms with E-state index in [1.165, 1.54) is 50.0 Å². The van der Waals surface area contributed by atoms with Crippen molar-refractivity contribution in [3.05, 3.63) is 64.3 Å². The van der Waals surface area contributed by atoms with Crippen LogP contribution in [0.5, 0.6) is 0 Å². The lowest BCUT2D eigenvalue weighted by molar-refractivity contribution is -0.665. The molecule has 0 bridgehead atoms. The smallest absolute Gasteiger partial charge is 0.198 e. The molecule has 0 fully saturated rings. The Labute approximate surface area is 165 Å². The molecule has 0 atom stereocenters. The summed E-state index contributed by atoms with van der Waals surface area (Å²) in [6.45, 7) is 13.6. The minimum Gasteiger partial charge on any atom is -0.198 e. The molecule has 0 amide bonds. The van der Waals surface area contributed by atoms with Gasteiger partial charge in [-0.2, -0.15) is 4.57 Å². The van der Waals surface area contributed by atoms with Crippen LogP contribution in [0.15, 0.2) is 36.4 Å². The molecule has 0 radical (unpaired) electrons. The number of fused-ring (bicyclic) bond motifs is 1. The fourth-order valence-corrected chi connectivity index (χ4v) is 4.21. The molecule has 1 aromatic heterocycles. The molecule has 0 spiro atoms. The molecule has 27 heavy (non-hydrogen) atoms. The highest BCUT2D eigenvalue weighted by atomic mass is 14.9. The van der Waals surface area contributed by atoms with E-state index in [1.54, 1.807) is 0 Å². The van der Waals surface area contributed by atoms with Crippen molar-refractivity contribution >= 4 is 10.8 Å². The number of nitrogens with zero attached hydrogens (tertiary/aromatic N) is 1. The minimum atomic E-state index is 0.679. The van der Waals surface area contributed by atoms with Crippen molar-refractivity contribution in [2.75, 3.05) is 0 Å². The Bertz CT molecular complexity index is 979. The van der Waals surface area contributed by atoms with Gasteiger partial charge in [-0.05, 0) is 71.9 Å². The Hall–Kier alpha value is -2.15. The average Bonchev–Trinajstić information content (AvgIpc) is 2.63. The van der Waals surface area contributed by atoms with Gasteiger partial charge in [0.15, 0.2) is 5.69 Å². The van der Waals surface area contributed by atoms with Crippen molar-refractivity contribution in [2.45, 2.75) is 60.8 Å². The zero-order valence-electron chi connectivity index (χ0n) is 18.1. The quantitative estimate of drug-likeness (QED) is 0.472. The number of rotatable bonds is 5. The Morgan fingerprint density at radius 3 is 2.26 bits per heavy atom. The Kier molecular flexibility index (Phi) is 5.69. The van der Waals surface area contributed by atoms with Gasteiger partial charge in [0.25, 0.3) is 0 Å². The van der Waals surface area contributed by atoms with Crippen molar-refractivity contribution in [2.24, 2.45) is 13.0 Å². The number of pyridine rings is 1. The maximum Gasteiger partial charge on any atom is 0.220 e. The van der Waals surface area contributed by atoms with Crippen LogP contribution in [0.25, 0.3) is 22.0 Å². The standard InChI is InChI=1S/C26H34N/c1-8-20-14-22(9-2)19(6)25(16-20)26-24-11-10-21(12-17(3)4)15-23(24)13-18(5)27(26)7/h10-11,13-17H,8-9,12H2,1-7H3/q+1. The lowest BCUT2D eigenvalue weighted by atomic mass is 9.91. The summed E-state index contributed by atoms with van der Waals surface area (Å²) in [7, 11) is 2.20. The third-order valence-corrected chi connectivity index (χ3v) is 5.86. The van der Waals surface area contributed by atoms with Crippen LogP contribution in [0, 0.1) is 19.8 Å². The second kappa shape index (κ2) is 7.84. The normalized spacial score (nSPS) is 11.6. The van der Waals surface area contributed by atoms with E-state index in [1.807, 2.05) is 0 Å². The molecule has 0 saturated heterocycles. The third-order valence-electron chi connectivity index (χ3n) is 5.86. The highest BCUT2D eigenvalue weighted by Gasteiger charge is 2.21. The van der Waals surface area contributed by atoms with Gasteiger partial charge in [0.05, 0.1) is 10.9 Å². The van der Waals surface area contributed by atoms with Crippen LogP contribution < -0.4 is 4.57 Å². The largest absolute Gasteiger partial charge is 0.220 e. The lowest BCUT2D eigenvalue weighted by Crippen LogP contribution is -2.35. The summed E-state index contributed by atoms with van der Waals surface area (Å²) in [5.41, 5.74) is 9.79. The molecule has 3 rings (SSSR count). The molecule has 1 heterocycles. The summed E-state index contributed by atoms with van der Waals surface area (Å²) < 4.78 is 2.37. The van der Waals surface area contributed by atoms with E-state index in [4.69, 9.17) is 0 Å². The molecule has 0 saturated carbocycles. The Morgan fingerprint density at radius 2 is 1.63 bits per heavy atom. The second-order valence-corrected chi connectivity index (χ2v) is 8.35. The zero-order valence-corrected chi connectivity index (χ0v) is 18.1. The first kappa shape index (κ1) is 19.6. The van der Waals surface area contributed by atoms with Gasteiger partial charge in [0.1, 0.15) is 7.05 Å². The highest BCUT2D eigenvalue weighted by molar-refractivity contribution is 5.94. The molecule has 1 heteroatoms. The number of hydrogen-bond acceptors (Lipinski definition) is 0. The van der Waals surface area contributed by atoms with Crippen molar-refractivity contribution < 1.29 is 4.57 Å². The number of benzene rings is 2. The molecule has 2 aromatic carbocycles. The predicted octanol–water partition coefficient (Wildman–Crippen LogP) is 6.27. The summed E-state index contributed by atoms with van der Waals surface area (Å²) in [6, 6.07) is 14.2. The first-order valence-corrected chi connectivity index (χ1v) is 10.4. The van der Waals surface area contributed by atoms with Gasteiger partial charge in [-0.25, -0.2) is 0 Å². The van der Waals surface area contributed by atoms with Gasteiger partial charge in [0, 0.05) is 13.0 Å². The van der Waals surface area contributed by atoms with Crippen molar-refractivity contribution in [1.29, 1.82) is 0 Å². The number of hydrogen-bond donors (Lipinski definition) is 0. The monoisotopic (exact) mass is 360 g/mol. The van der Waals surface area contributed by atoms with E-state index in [-0.39, 0.29) is 0 Å². The maximum absolute atomic E-state index is 2.41. The van der Waals surface area contributed by atoms with E-state index in [0.29, 0.717) is 5.92 Å². The van der Waals surface area contributed by atoms with Crippen LogP contribution >= 0.6 is 0 Å². The third kappa shape index (κ3) is 3.78. The van der Waals surface area contributed by atoms with Gasteiger partial charge in [-0.3, -0.25) is 0 Å². The SMILES string of the molecule is CCc1cc(CC)c(C)c(-c2c3ccc(CC(C)C)cc3cc(C)[n+]2C)c1. The first-order valence-electron chi connectivity index (χ1n) is 10.4. The van der Waals surface area contributed by atoms with Crippen LogP contribution in [0.3, 0.4) is 0 Å². The second-order valence-electron chi connectivity index (χ2n) is 8.35. The van der Waals surface area contributed by atoms with E-state index >= 15 is 0 Å². The molecule has 0 aliphatic rings. The molecule has 0 aliphatic carbocycles. The molecular weight excluding hydrogens is 326 g/mol. The highest BCUT2D eigenvalue weighted by Crippen LogP contribution is 2.32. The van der Waals surface area contributed by atoms with Crippen molar-refractivity contribution in [3.8, 4) is 11.3 Å². The molecule has 142 valence electrons. The summed E-state index contributed by atoms with van der Waals surface area (Å²) in [5.74, 6) is 0.679. The van der Waals surface area contributed by atoms with Crippen LogP contribution in [0.1, 0.15) is 55.6 Å². The molecule has 0 unspecified atom stereocenters. The topological polar surface area (TPSA) is 3.88 Å². The van der Waals surface area contributed by atoms with Gasteiger partial charge in [0.2, 0.25) is 5.69 Å². The number of aryl methyl sites for hydroxylation is 3. The molecule has 0 N–H and O–H groups in total. The molecule has 0 aliphatic heterocycles. The van der Waals surface area contributed by atoms with E-state index < -0.39 is 0 Å². The van der Waals surface area contributed by atoms with E-state index in [0.717, 1.165) is 19.3 Å². The van der Waals surface area contributed by atoms with Crippen molar-refractivity contribution in [3.63, 3.8) is 0 Å². The van der Waals surface area contributed by atoms with E-state index in [9.17, 15) is 0 Å². The van der Waals surface area contributed by atoms with Crippen LogP contribution in [-0.2, 0) is 26.3 Å². The zero-order chi connectivity index (χ0) is 19.7. The fraction of sp³-hybridized carbons (Fsp3) is 0.423. The number of aromatic nitrogens is 1. The van der Waals surface area contributed by atoms with Gasteiger partial charge >= 0.3 is 0 Å². The summed E-state index contributed by atoms with van der Waals surface area (Å²) in [5, 5.41) is 2.71. The average molecular weight is 361 g/mol. The Morgan fingerprint density at radius 1 is 0.889 bits per heavy atom. The fourth-order valence-electron chi connectivity index (χ4n) is 4.21. The van der Waals surface area contributed by atoms with E-state index in [2.05, 4.69) is 89.6 Å². The van der Waals surface area contributed by atoms with Crippen LogP contribution in [0.2, 0.25) is 0 Å². The summed E-state index contributed by atoms with van der Waals surface area (Å²) >= 11 is 0. The summed E-state index contributed by atoms with van der Waals surface area (Å²) in [6.07, 6.45) is 3.29. The Balaban J connectivity index is 2.32. The predicted molar refractivity (Wildman–Crippen MR) is 117 cm³/mol. The minimum absolute atomic E-state index is 0.679. The first-order chi connectivity index (χ1) is 12.8. The molecule has 3 aromatic rings. The van der Waals surface area contributed by atoms with Gasteiger partial charge in [-0.15, -0.1) is 0 Å². The van der Waals surface area contributed by atoms with Gasteiger partial charge < -0.3 is 0 Å².